The number of methoxy groups -OCH3 is 2. The lowest BCUT2D eigenvalue weighted by molar-refractivity contribution is 0.384. The summed E-state index contributed by atoms with van der Waals surface area (Å²) >= 11 is 0. The average Bonchev–Trinajstić information content (AvgIpc) is 2.43. The summed E-state index contributed by atoms with van der Waals surface area (Å²) in [4.78, 5) is 0. The van der Waals surface area contributed by atoms with Crippen molar-refractivity contribution >= 4 is 0 Å². The van der Waals surface area contributed by atoms with E-state index >= 15 is 0 Å². The molecule has 1 aromatic carbocycles. The second-order valence-corrected chi connectivity index (χ2v) is 4.12. The predicted octanol–water partition coefficient (Wildman–Crippen LogP) is 2.77. The van der Waals surface area contributed by atoms with Crippen molar-refractivity contribution in [2.75, 3.05) is 14.2 Å². The van der Waals surface area contributed by atoms with Crippen molar-refractivity contribution in [2.24, 2.45) is 0 Å². The first-order valence-electron chi connectivity index (χ1n) is 6.10. The number of terminal acetylenes is 1. The van der Waals surface area contributed by atoms with Gasteiger partial charge in [-0.05, 0) is 19.4 Å². The second kappa shape index (κ2) is 6.93. The van der Waals surface area contributed by atoms with Crippen LogP contribution in [0.4, 0.5) is 0 Å². The summed E-state index contributed by atoms with van der Waals surface area (Å²) in [6.07, 6.45) is 6.36. The Morgan fingerprint density at radius 3 is 2.56 bits per heavy atom. The van der Waals surface area contributed by atoms with Crippen molar-refractivity contribution in [3.63, 3.8) is 0 Å². The van der Waals surface area contributed by atoms with Crippen LogP contribution in [0, 0.1) is 12.3 Å². The quantitative estimate of drug-likeness (QED) is 0.784. The fraction of sp³-hybridized carbons (Fsp3) is 0.467. The Bertz CT molecular complexity index is 423. The molecule has 0 fully saturated rings. The fourth-order valence-corrected chi connectivity index (χ4v) is 1.85. The lowest BCUT2D eigenvalue weighted by Crippen LogP contribution is -2.29. The van der Waals surface area contributed by atoms with Crippen LogP contribution in [0.15, 0.2) is 18.2 Å². The van der Waals surface area contributed by atoms with Gasteiger partial charge in [-0.25, -0.2) is 0 Å². The van der Waals surface area contributed by atoms with Crippen molar-refractivity contribution in [1.29, 1.82) is 0 Å². The molecule has 1 N–H and O–H groups in total. The molecule has 2 atom stereocenters. The number of hydrogen-bond donors (Lipinski definition) is 1. The molecule has 0 saturated carbocycles. The van der Waals surface area contributed by atoms with E-state index in [0.29, 0.717) is 0 Å². The van der Waals surface area contributed by atoms with Gasteiger partial charge in [0.25, 0.3) is 0 Å². The molecule has 0 aliphatic rings. The lowest BCUT2D eigenvalue weighted by Gasteiger charge is -2.21. The molecule has 0 spiro atoms. The lowest BCUT2D eigenvalue weighted by atomic mass is 10.1. The molecule has 3 nitrogen and oxygen atoms in total. The Morgan fingerprint density at radius 1 is 1.33 bits per heavy atom. The maximum atomic E-state index is 5.46. The third-order valence-corrected chi connectivity index (χ3v) is 2.97. The van der Waals surface area contributed by atoms with E-state index in [1.807, 2.05) is 18.2 Å². The molecule has 0 aliphatic carbocycles. The van der Waals surface area contributed by atoms with Crippen LogP contribution in [-0.2, 0) is 0 Å². The van der Waals surface area contributed by atoms with Gasteiger partial charge in [-0.2, -0.15) is 0 Å². The molecule has 0 aromatic heterocycles. The Balaban J connectivity index is 2.91. The first-order chi connectivity index (χ1) is 8.65. The molecule has 1 rings (SSSR count). The fourth-order valence-electron chi connectivity index (χ4n) is 1.85. The number of benzene rings is 1. The van der Waals surface area contributed by atoms with Crippen LogP contribution in [0.2, 0.25) is 0 Å². The van der Waals surface area contributed by atoms with Gasteiger partial charge >= 0.3 is 0 Å². The van der Waals surface area contributed by atoms with E-state index in [0.717, 1.165) is 23.5 Å². The van der Waals surface area contributed by atoms with Gasteiger partial charge in [0.1, 0.15) is 11.5 Å². The van der Waals surface area contributed by atoms with Gasteiger partial charge in [0.2, 0.25) is 0 Å². The van der Waals surface area contributed by atoms with E-state index in [-0.39, 0.29) is 12.1 Å². The monoisotopic (exact) mass is 247 g/mol. The van der Waals surface area contributed by atoms with Crippen LogP contribution in [0.1, 0.15) is 31.9 Å². The van der Waals surface area contributed by atoms with Crippen LogP contribution in [0.5, 0.6) is 11.5 Å². The number of rotatable bonds is 6. The zero-order valence-electron chi connectivity index (χ0n) is 11.5. The molecular formula is C15H21NO2. The molecule has 0 bridgehead atoms. The maximum absolute atomic E-state index is 5.46. The zero-order valence-corrected chi connectivity index (χ0v) is 11.5. The minimum absolute atomic E-state index is 0.0757. The highest BCUT2D eigenvalue weighted by Gasteiger charge is 2.14. The van der Waals surface area contributed by atoms with Crippen LogP contribution in [0.3, 0.4) is 0 Å². The Kier molecular flexibility index (Phi) is 5.54. The largest absolute Gasteiger partial charge is 0.497 e. The summed E-state index contributed by atoms with van der Waals surface area (Å²) < 4.78 is 10.6. The van der Waals surface area contributed by atoms with Gasteiger partial charge in [0.15, 0.2) is 0 Å². The smallest absolute Gasteiger partial charge is 0.127 e. The Labute approximate surface area is 109 Å². The highest BCUT2D eigenvalue weighted by molar-refractivity contribution is 5.42. The number of nitrogens with one attached hydrogen (secondary N) is 1. The van der Waals surface area contributed by atoms with Gasteiger partial charge < -0.3 is 9.47 Å². The van der Waals surface area contributed by atoms with Crippen LogP contribution in [-0.4, -0.2) is 20.3 Å². The standard InChI is InChI=1S/C15H21NO2/c1-6-12(7-2)16-11(3)14-9-8-13(17-4)10-15(14)18-5/h1,8-12,16H,7H2,2-5H3. The maximum Gasteiger partial charge on any atom is 0.127 e. The normalized spacial score (nSPS) is 13.5. The van der Waals surface area contributed by atoms with Gasteiger partial charge in [-0.1, -0.05) is 18.9 Å². The highest BCUT2D eigenvalue weighted by atomic mass is 16.5. The topological polar surface area (TPSA) is 30.5 Å². The van der Waals surface area contributed by atoms with Crippen LogP contribution in [0.25, 0.3) is 0 Å². The summed E-state index contributed by atoms with van der Waals surface area (Å²) in [5.74, 6) is 4.33. The molecule has 2 unspecified atom stereocenters. The molecule has 0 heterocycles. The van der Waals surface area contributed by atoms with E-state index in [1.54, 1.807) is 14.2 Å². The summed E-state index contributed by atoms with van der Waals surface area (Å²) in [5.41, 5.74) is 1.08. The minimum Gasteiger partial charge on any atom is -0.497 e. The molecule has 3 heteroatoms. The molecular weight excluding hydrogens is 226 g/mol. The molecule has 0 radical (unpaired) electrons. The third kappa shape index (κ3) is 3.41. The average molecular weight is 247 g/mol. The Hall–Kier alpha value is -1.66. The van der Waals surface area contributed by atoms with E-state index in [9.17, 15) is 0 Å². The van der Waals surface area contributed by atoms with Crippen LogP contribution < -0.4 is 14.8 Å². The van der Waals surface area contributed by atoms with E-state index in [2.05, 4.69) is 25.1 Å². The summed E-state index contributed by atoms with van der Waals surface area (Å²) in [7, 11) is 3.30. The second-order valence-electron chi connectivity index (χ2n) is 4.12. The third-order valence-electron chi connectivity index (χ3n) is 2.97. The summed E-state index contributed by atoms with van der Waals surface area (Å²) in [5, 5.41) is 3.39. The summed E-state index contributed by atoms with van der Waals surface area (Å²) in [6, 6.07) is 6.01. The van der Waals surface area contributed by atoms with Gasteiger partial charge in [-0.15, -0.1) is 6.42 Å². The van der Waals surface area contributed by atoms with Crippen molar-refractivity contribution in [3.8, 4) is 23.8 Å². The molecule has 0 saturated heterocycles. The van der Waals surface area contributed by atoms with Gasteiger partial charge in [0.05, 0.1) is 20.3 Å². The van der Waals surface area contributed by atoms with E-state index in [4.69, 9.17) is 15.9 Å². The first-order valence-corrected chi connectivity index (χ1v) is 6.10. The molecule has 0 aliphatic heterocycles. The summed E-state index contributed by atoms with van der Waals surface area (Å²) in [6.45, 7) is 4.14. The van der Waals surface area contributed by atoms with E-state index in [1.165, 1.54) is 0 Å². The zero-order chi connectivity index (χ0) is 13.5. The van der Waals surface area contributed by atoms with Crippen molar-refractivity contribution < 1.29 is 9.47 Å². The van der Waals surface area contributed by atoms with Crippen LogP contribution >= 0.6 is 0 Å². The van der Waals surface area contributed by atoms with Gasteiger partial charge in [0, 0.05) is 17.7 Å². The molecule has 1 aromatic rings. The van der Waals surface area contributed by atoms with Crippen molar-refractivity contribution in [3.05, 3.63) is 23.8 Å². The van der Waals surface area contributed by atoms with E-state index < -0.39 is 0 Å². The predicted molar refractivity (Wildman–Crippen MR) is 74.0 cm³/mol. The number of hydrogen-bond acceptors (Lipinski definition) is 3. The Morgan fingerprint density at radius 2 is 2.06 bits per heavy atom. The molecule has 18 heavy (non-hydrogen) atoms. The highest BCUT2D eigenvalue weighted by Crippen LogP contribution is 2.29. The van der Waals surface area contributed by atoms with Crippen molar-refractivity contribution in [1.82, 2.24) is 5.32 Å². The number of ether oxygens (including phenoxy) is 2. The minimum atomic E-state index is 0.0757. The molecule has 98 valence electrons. The van der Waals surface area contributed by atoms with Gasteiger partial charge in [-0.3, -0.25) is 5.32 Å². The first kappa shape index (κ1) is 14.4. The van der Waals surface area contributed by atoms with Crippen molar-refractivity contribution in [2.45, 2.75) is 32.4 Å². The molecule has 0 amide bonds. The SMILES string of the molecule is C#CC(CC)NC(C)c1ccc(OC)cc1OC.